The van der Waals surface area contributed by atoms with Gasteiger partial charge in [0.2, 0.25) is 5.91 Å². The highest BCUT2D eigenvalue weighted by atomic mass is 16.5. The number of rotatable bonds is 3. The summed E-state index contributed by atoms with van der Waals surface area (Å²) in [5.74, 6) is 0.198. The van der Waals surface area contributed by atoms with Gasteiger partial charge in [-0.1, -0.05) is 0 Å². The lowest BCUT2D eigenvalue weighted by Crippen LogP contribution is -2.50. The Morgan fingerprint density at radius 1 is 1.60 bits per heavy atom. The van der Waals surface area contributed by atoms with Gasteiger partial charge in [0.25, 0.3) is 0 Å². The predicted octanol–water partition coefficient (Wildman–Crippen LogP) is 0.751. The van der Waals surface area contributed by atoms with Crippen LogP contribution in [0.15, 0.2) is 0 Å². The van der Waals surface area contributed by atoms with Crippen molar-refractivity contribution in [2.75, 3.05) is 19.7 Å². The monoisotopic (exact) mass is 214 g/mol. The molecule has 0 aliphatic carbocycles. The number of morpholine rings is 1. The highest BCUT2D eigenvalue weighted by Crippen LogP contribution is 2.17. The zero-order valence-electron chi connectivity index (χ0n) is 9.95. The first-order valence-corrected chi connectivity index (χ1v) is 5.58. The average Bonchev–Trinajstić information content (AvgIpc) is 2.12. The van der Waals surface area contributed by atoms with Gasteiger partial charge < -0.3 is 15.4 Å². The van der Waals surface area contributed by atoms with E-state index in [2.05, 4.69) is 0 Å². The van der Waals surface area contributed by atoms with Gasteiger partial charge in [0.15, 0.2) is 0 Å². The average molecular weight is 214 g/mol. The third-order valence-corrected chi connectivity index (χ3v) is 2.59. The summed E-state index contributed by atoms with van der Waals surface area (Å²) in [5, 5.41) is 0. The molecule has 0 aromatic carbocycles. The number of carbonyl (C=O) groups excluding carboxylic acids is 1. The van der Waals surface area contributed by atoms with Crippen LogP contribution in [0.4, 0.5) is 0 Å². The van der Waals surface area contributed by atoms with Gasteiger partial charge in [0.05, 0.1) is 12.2 Å². The van der Waals surface area contributed by atoms with Gasteiger partial charge in [0, 0.05) is 25.6 Å². The zero-order chi connectivity index (χ0) is 11.5. The molecule has 0 radical (unpaired) electrons. The molecule has 1 rings (SSSR count). The van der Waals surface area contributed by atoms with Crippen molar-refractivity contribution in [3.8, 4) is 0 Å². The van der Waals surface area contributed by atoms with E-state index in [1.807, 2.05) is 25.7 Å². The molecule has 1 saturated heterocycles. The van der Waals surface area contributed by atoms with Crippen LogP contribution in [0.2, 0.25) is 0 Å². The fourth-order valence-electron chi connectivity index (χ4n) is 1.74. The van der Waals surface area contributed by atoms with Crippen LogP contribution in [0.25, 0.3) is 0 Å². The number of nitrogens with zero attached hydrogens (tertiary/aromatic N) is 1. The molecule has 0 aromatic heterocycles. The lowest BCUT2D eigenvalue weighted by molar-refractivity contribution is -0.146. The van der Waals surface area contributed by atoms with E-state index in [0.717, 1.165) is 6.42 Å². The van der Waals surface area contributed by atoms with Crippen LogP contribution in [0.3, 0.4) is 0 Å². The Labute approximate surface area is 91.8 Å². The molecule has 1 heterocycles. The molecule has 88 valence electrons. The third-order valence-electron chi connectivity index (χ3n) is 2.59. The number of hydrogen-bond acceptors (Lipinski definition) is 3. The maximum Gasteiger partial charge on any atom is 0.222 e. The number of amides is 1. The van der Waals surface area contributed by atoms with Crippen LogP contribution < -0.4 is 5.73 Å². The molecule has 15 heavy (non-hydrogen) atoms. The molecule has 0 saturated carbocycles. The van der Waals surface area contributed by atoms with Crippen molar-refractivity contribution in [2.24, 2.45) is 5.73 Å². The second kappa shape index (κ2) is 4.94. The quantitative estimate of drug-likeness (QED) is 0.754. The first-order chi connectivity index (χ1) is 6.91. The smallest absolute Gasteiger partial charge is 0.222 e. The predicted molar refractivity (Wildman–Crippen MR) is 59.5 cm³/mol. The lowest BCUT2D eigenvalue weighted by Gasteiger charge is -2.38. The molecular formula is C11H22N2O2. The minimum Gasteiger partial charge on any atom is -0.372 e. The Kier molecular flexibility index (Phi) is 4.11. The Morgan fingerprint density at radius 2 is 2.27 bits per heavy atom. The Morgan fingerprint density at radius 3 is 2.80 bits per heavy atom. The van der Waals surface area contributed by atoms with Gasteiger partial charge in [-0.15, -0.1) is 0 Å². The van der Waals surface area contributed by atoms with Crippen LogP contribution in [0.5, 0.6) is 0 Å². The molecule has 1 aliphatic rings. The van der Waals surface area contributed by atoms with E-state index in [0.29, 0.717) is 26.1 Å². The summed E-state index contributed by atoms with van der Waals surface area (Å²) in [5.41, 5.74) is 5.42. The Bertz CT molecular complexity index is 227. The van der Waals surface area contributed by atoms with E-state index >= 15 is 0 Å². The van der Waals surface area contributed by atoms with Gasteiger partial charge in [-0.2, -0.15) is 0 Å². The molecule has 4 nitrogen and oxygen atoms in total. The summed E-state index contributed by atoms with van der Waals surface area (Å²) in [6.45, 7) is 7.98. The third kappa shape index (κ3) is 4.18. The van der Waals surface area contributed by atoms with Crippen molar-refractivity contribution >= 4 is 5.91 Å². The molecule has 1 unspecified atom stereocenters. The number of hydrogen-bond donors (Lipinski definition) is 1. The highest BCUT2D eigenvalue weighted by Gasteiger charge is 2.29. The lowest BCUT2D eigenvalue weighted by atomic mass is 10.1. The van der Waals surface area contributed by atoms with Crippen molar-refractivity contribution < 1.29 is 9.53 Å². The summed E-state index contributed by atoms with van der Waals surface area (Å²) in [4.78, 5) is 13.7. The van der Waals surface area contributed by atoms with Gasteiger partial charge in [-0.25, -0.2) is 0 Å². The van der Waals surface area contributed by atoms with Gasteiger partial charge in [0.1, 0.15) is 0 Å². The first-order valence-electron chi connectivity index (χ1n) is 5.58. The number of nitrogens with two attached hydrogens (primary N) is 1. The second-order valence-electron chi connectivity index (χ2n) is 4.94. The summed E-state index contributed by atoms with van der Waals surface area (Å²) < 4.78 is 5.55. The van der Waals surface area contributed by atoms with Crippen molar-refractivity contribution in [3.63, 3.8) is 0 Å². The molecule has 2 N–H and O–H groups in total. The van der Waals surface area contributed by atoms with Crippen LogP contribution in [-0.4, -0.2) is 42.1 Å². The fourth-order valence-corrected chi connectivity index (χ4v) is 1.74. The van der Waals surface area contributed by atoms with E-state index < -0.39 is 0 Å². The molecule has 1 aliphatic heterocycles. The van der Waals surface area contributed by atoms with Crippen LogP contribution >= 0.6 is 0 Å². The maximum absolute atomic E-state index is 11.8. The molecule has 4 heteroatoms. The van der Waals surface area contributed by atoms with Gasteiger partial charge >= 0.3 is 0 Å². The molecular weight excluding hydrogens is 192 g/mol. The van der Waals surface area contributed by atoms with Crippen molar-refractivity contribution in [1.82, 2.24) is 4.90 Å². The van der Waals surface area contributed by atoms with Crippen molar-refractivity contribution in [2.45, 2.75) is 45.3 Å². The molecule has 0 bridgehead atoms. The van der Waals surface area contributed by atoms with E-state index in [1.165, 1.54) is 0 Å². The zero-order valence-corrected chi connectivity index (χ0v) is 9.95. The van der Waals surface area contributed by atoms with Crippen LogP contribution in [-0.2, 0) is 9.53 Å². The van der Waals surface area contributed by atoms with Crippen LogP contribution in [0.1, 0.15) is 33.6 Å². The largest absolute Gasteiger partial charge is 0.372 e. The molecule has 0 aromatic rings. The Balaban J connectivity index is 2.39. The maximum atomic E-state index is 11.8. The van der Waals surface area contributed by atoms with E-state index in [4.69, 9.17) is 10.5 Å². The molecule has 0 spiro atoms. The van der Waals surface area contributed by atoms with Gasteiger partial charge in [-0.05, 0) is 27.2 Å². The van der Waals surface area contributed by atoms with Crippen LogP contribution in [0, 0.1) is 0 Å². The van der Waals surface area contributed by atoms with Crippen molar-refractivity contribution in [3.05, 3.63) is 0 Å². The van der Waals surface area contributed by atoms with E-state index in [1.54, 1.807) is 0 Å². The summed E-state index contributed by atoms with van der Waals surface area (Å²) in [6.07, 6.45) is 1.31. The fraction of sp³-hybridized carbons (Fsp3) is 0.909. The SMILES string of the molecule is CC(N)CCC(=O)N1CCOC(C)(C)C1. The first kappa shape index (κ1) is 12.5. The summed E-state index contributed by atoms with van der Waals surface area (Å²) in [7, 11) is 0. The summed E-state index contributed by atoms with van der Waals surface area (Å²) >= 11 is 0. The number of ether oxygens (including phenoxy) is 1. The highest BCUT2D eigenvalue weighted by molar-refractivity contribution is 5.76. The molecule has 1 atom stereocenters. The number of carbonyl (C=O) groups is 1. The van der Waals surface area contributed by atoms with Crippen molar-refractivity contribution in [1.29, 1.82) is 0 Å². The summed E-state index contributed by atoms with van der Waals surface area (Å²) in [6, 6.07) is 0.100. The minimum absolute atomic E-state index is 0.100. The van der Waals surface area contributed by atoms with E-state index in [-0.39, 0.29) is 17.6 Å². The molecule has 1 fully saturated rings. The normalized spacial score (nSPS) is 22.5. The Hall–Kier alpha value is -0.610. The topological polar surface area (TPSA) is 55.6 Å². The van der Waals surface area contributed by atoms with Gasteiger partial charge in [-0.3, -0.25) is 4.79 Å². The minimum atomic E-state index is -0.206. The second-order valence-corrected chi connectivity index (χ2v) is 4.94. The van der Waals surface area contributed by atoms with E-state index in [9.17, 15) is 4.79 Å². The molecule has 1 amide bonds. The standard InChI is InChI=1S/C11H22N2O2/c1-9(12)4-5-10(14)13-6-7-15-11(2,3)8-13/h9H,4-8,12H2,1-3H3.